The Morgan fingerprint density at radius 2 is 1.69 bits per heavy atom. The number of carbonyl (C=O) groups excluding carboxylic acids is 2. The van der Waals surface area contributed by atoms with Crippen molar-refractivity contribution >= 4 is 23.9 Å². The first-order valence-electron chi connectivity index (χ1n) is 8.19. The molecule has 1 saturated heterocycles. The first-order chi connectivity index (χ1) is 12.5. The molecule has 2 N–H and O–H groups in total. The lowest BCUT2D eigenvalue weighted by molar-refractivity contribution is -0.148. The number of hydrogen-bond donors (Lipinski definition) is 2. The fourth-order valence-electron chi connectivity index (χ4n) is 2.74. The Hall–Kier alpha value is -3.41. The number of likely N-dealkylation sites (tertiary alicyclic amines) is 1. The minimum atomic E-state index is -1.18. The molecule has 1 aliphatic heterocycles. The summed E-state index contributed by atoms with van der Waals surface area (Å²) in [4.78, 5) is 37.0. The van der Waals surface area contributed by atoms with Gasteiger partial charge in [-0.25, -0.2) is 4.79 Å². The third-order valence-corrected chi connectivity index (χ3v) is 4.08. The van der Waals surface area contributed by atoms with Crippen LogP contribution in [-0.4, -0.2) is 40.4 Å². The molecule has 1 atom stereocenters. The lowest BCUT2D eigenvalue weighted by Crippen LogP contribution is -2.64. The van der Waals surface area contributed by atoms with Crippen LogP contribution in [0.3, 0.4) is 0 Å². The number of benzene rings is 2. The van der Waals surface area contributed by atoms with Crippen molar-refractivity contribution in [2.24, 2.45) is 0 Å². The van der Waals surface area contributed by atoms with Crippen LogP contribution in [0.15, 0.2) is 66.4 Å². The summed E-state index contributed by atoms with van der Waals surface area (Å²) in [5, 5.41) is 12.1. The normalized spacial score (nSPS) is 16.8. The molecule has 6 heteroatoms. The van der Waals surface area contributed by atoms with Gasteiger partial charge in [0.15, 0.2) is 0 Å². The fourth-order valence-corrected chi connectivity index (χ4v) is 2.74. The van der Waals surface area contributed by atoms with Crippen LogP contribution in [0.5, 0.6) is 0 Å². The molecule has 0 bridgehead atoms. The van der Waals surface area contributed by atoms with Crippen molar-refractivity contribution in [2.75, 3.05) is 6.54 Å². The molecule has 0 radical (unpaired) electrons. The highest BCUT2D eigenvalue weighted by Crippen LogP contribution is 2.20. The molecule has 26 heavy (non-hydrogen) atoms. The number of carbonyl (C=O) groups is 3. The van der Waals surface area contributed by atoms with Crippen molar-refractivity contribution < 1.29 is 19.5 Å². The lowest BCUT2D eigenvalue weighted by Gasteiger charge is -2.38. The van der Waals surface area contributed by atoms with E-state index in [-0.39, 0.29) is 24.6 Å². The van der Waals surface area contributed by atoms with Crippen molar-refractivity contribution in [3.8, 4) is 0 Å². The zero-order valence-corrected chi connectivity index (χ0v) is 14.0. The van der Waals surface area contributed by atoms with Gasteiger partial charge in [-0.05, 0) is 17.2 Å². The van der Waals surface area contributed by atoms with Crippen LogP contribution in [0.1, 0.15) is 11.1 Å². The van der Waals surface area contributed by atoms with Gasteiger partial charge in [-0.1, -0.05) is 60.7 Å². The smallest absolute Gasteiger partial charge is 0.352 e. The van der Waals surface area contributed by atoms with E-state index in [1.54, 1.807) is 24.3 Å². The van der Waals surface area contributed by atoms with Gasteiger partial charge in [-0.2, -0.15) is 0 Å². The first kappa shape index (κ1) is 17.4. The number of nitrogens with zero attached hydrogens (tertiary/aromatic N) is 1. The van der Waals surface area contributed by atoms with Crippen LogP contribution in [0.4, 0.5) is 0 Å². The number of rotatable bonds is 6. The summed E-state index contributed by atoms with van der Waals surface area (Å²) in [5.41, 5.74) is 1.44. The third kappa shape index (κ3) is 3.97. The van der Waals surface area contributed by atoms with E-state index in [0.29, 0.717) is 5.56 Å². The van der Waals surface area contributed by atoms with Gasteiger partial charge in [-0.15, -0.1) is 0 Å². The first-order valence-corrected chi connectivity index (χ1v) is 8.19. The molecule has 0 aliphatic carbocycles. The molecule has 2 aromatic carbocycles. The van der Waals surface area contributed by atoms with Crippen molar-refractivity contribution in [2.45, 2.75) is 12.5 Å². The molecule has 1 unspecified atom stereocenters. The largest absolute Gasteiger partial charge is 0.477 e. The summed E-state index contributed by atoms with van der Waals surface area (Å²) in [6.07, 6.45) is 1.62. The Kier molecular flexibility index (Phi) is 5.12. The molecule has 0 spiro atoms. The molecular weight excluding hydrogens is 332 g/mol. The number of amides is 2. The van der Waals surface area contributed by atoms with E-state index in [1.807, 2.05) is 36.4 Å². The molecule has 1 heterocycles. The second kappa shape index (κ2) is 7.65. The predicted octanol–water partition coefficient (Wildman–Crippen LogP) is 1.68. The maximum Gasteiger partial charge on any atom is 0.352 e. The van der Waals surface area contributed by atoms with Gasteiger partial charge in [0.1, 0.15) is 11.7 Å². The minimum absolute atomic E-state index is 0.102. The van der Waals surface area contributed by atoms with Crippen molar-refractivity contribution in [1.82, 2.24) is 10.2 Å². The van der Waals surface area contributed by atoms with Crippen molar-refractivity contribution in [1.29, 1.82) is 0 Å². The van der Waals surface area contributed by atoms with Gasteiger partial charge < -0.3 is 15.3 Å². The maximum atomic E-state index is 12.3. The van der Waals surface area contributed by atoms with Gasteiger partial charge >= 0.3 is 5.97 Å². The summed E-state index contributed by atoms with van der Waals surface area (Å²) < 4.78 is 0. The Balaban J connectivity index is 1.62. The summed E-state index contributed by atoms with van der Waals surface area (Å²) in [5.74, 6) is -1.87. The second-order valence-electron chi connectivity index (χ2n) is 5.98. The molecule has 3 rings (SSSR count). The van der Waals surface area contributed by atoms with Crippen LogP contribution in [0, 0.1) is 0 Å². The number of hydrogen-bond acceptors (Lipinski definition) is 3. The summed E-state index contributed by atoms with van der Waals surface area (Å²) in [6, 6.07) is 17.4. The molecule has 0 saturated carbocycles. The fraction of sp³-hybridized carbons (Fsp3) is 0.150. The zero-order chi connectivity index (χ0) is 18.5. The van der Waals surface area contributed by atoms with Gasteiger partial charge in [0.2, 0.25) is 5.91 Å². The average molecular weight is 350 g/mol. The summed E-state index contributed by atoms with van der Waals surface area (Å²) in [6.45, 7) is 0.143. The zero-order valence-electron chi connectivity index (χ0n) is 14.0. The van der Waals surface area contributed by atoms with E-state index < -0.39 is 17.9 Å². The molecule has 2 amide bonds. The molecule has 0 aromatic heterocycles. The molecule has 2 aromatic rings. The lowest BCUT2D eigenvalue weighted by atomic mass is 10.0. The van der Waals surface area contributed by atoms with E-state index in [0.717, 1.165) is 5.56 Å². The average Bonchev–Trinajstić information content (AvgIpc) is 2.64. The Labute approximate surface area is 150 Å². The minimum Gasteiger partial charge on any atom is -0.477 e. The molecule has 132 valence electrons. The Morgan fingerprint density at radius 3 is 2.27 bits per heavy atom. The number of β-lactam (4-membered cyclic amide) rings is 1. The Bertz CT molecular complexity index is 847. The Morgan fingerprint density at radius 1 is 1.08 bits per heavy atom. The highest BCUT2D eigenvalue weighted by Gasteiger charge is 2.41. The number of carboxylic acids is 1. The van der Waals surface area contributed by atoms with Crippen molar-refractivity contribution in [3.63, 3.8) is 0 Å². The number of nitrogens with one attached hydrogen (secondary N) is 1. The second-order valence-corrected chi connectivity index (χ2v) is 5.98. The highest BCUT2D eigenvalue weighted by atomic mass is 16.4. The quantitative estimate of drug-likeness (QED) is 0.613. The number of carboxylic acid groups (broad SMARTS) is 1. The van der Waals surface area contributed by atoms with Gasteiger partial charge in [-0.3, -0.25) is 9.59 Å². The van der Waals surface area contributed by atoms with Gasteiger partial charge in [0, 0.05) is 0 Å². The van der Waals surface area contributed by atoms with Crippen LogP contribution >= 0.6 is 0 Å². The standard InChI is InChI=1S/C20H18N2O4/c23-18(12-15-9-5-2-6-10-15)21-16-13-22(19(16)24)17(20(25)26)11-14-7-3-1-4-8-14/h1-11,16H,12-13H2,(H,21,23)(H,25,26). The molecule has 6 nitrogen and oxygen atoms in total. The molecule has 1 aliphatic rings. The van der Waals surface area contributed by atoms with Crippen LogP contribution in [0.25, 0.3) is 6.08 Å². The molecule has 1 fully saturated rings. The molecular formula is C20H18N2O4. The van der Waals surface area contributed by atoms with Crippen molar-refractivity contribution in [3.05, 3.63) is 77.5 Å². The summed E-state index contributed by atoms with van der Waals surface area (Å²) >= 11 is 0. The van der Waals surface area contributed by atoms with Gasteiger partial charge in [0.05, 0.1) is 13.0 Å². The predicted molar refractivity (Wildman–Crippen MR) is 95.8 cm³/mol. The SMILES string of the molecule is O=C(Cc1ccccc1)NC1CN(C(=Cc2ccccc2)C(=O)O)C1=O. The van der Waals surface area contributed by atoms with E-state index in [9.17, 15) is 19.5 Å². The number of aliphatic carboxylic acids is 1. The third-order valence-electron chi connectivity index (χ3n) is 4.08. The van der Waals surface area contributed by atoms with Crippen LogP contribution in [0.2, 0.25) is 0 Å². The van der Waals surface area contributed by atoms with Gasteiger partial charge in [0.25, 0.3) is 5.91 Å². The highest BCUT2D eigenvalue weighted by molar-refractivity contribution is 6.02. The van der Waals surface area contributed by atoms with E-state index in [1.165, 1.54) is 11.0 Å². The topological polar surface area (TPSA) is 86.7 Å². The van der Waals surface area contributed by atoms with E-state index in [2.05, 4.69) is 5.32 Å². The van der Waals surface area contributed by atoms with Crippen LogP contribution < -0.4 is 5.32 Å². The maximum absolute atomic E-state index is 12.3. The van der Waals surface area contributed by atoms with E-state index in [4.69, 9.17) is 0 Å². The van der Waals surface area contributed by atoms with E-state index >= 15 is 0 Å². The monoisotopic (exact) mass is 350 g/mol. The van der Waals surface area contributed by atoms with Crippen LogP contribution in [-0.2, 0) is 20.8 Å². The summed E-state index contributed by atoms with van der Waals surface area (Å²) in [7, 11) is 0.